The van der Waals surface area contributed by atoms with E-state index >= 15 is 0 Å². The molecule has 3 N–H and O–H groups in total. The van der Waals surface area contributed by atoms with Crippen molar-refractivity contribution in [2.24, 2.45) is 5.92 Å². The Morgan fingerprint density at radius 2 is 1.59 bits per heavy atom. The summed E-state index contributed by atoms with van der Waals surface area (Å²) in [5, 5.41) is 3.07. The van der Waals surface area contributed by atoms with Crippen LogP contribution in [0.1, 0.15) is 34.3 Å². The minimum atomic E-state index is -0.340. The van der Waals surface area contributed by atoms with Gasteiger partial charge in [-0.1, -0.05) is 17.7 Å². The summed E-state index contributed by atoms with van der Waals surface area (Å²) in [6.45, 7) is 4.91. The van der Waals surface area contributed by atoms with E-state index in [1.807, 2.05) is 32.0 Å². The van der Waals surface area contributed by atoms with Crippen LogP contribution in [0.15, 0.2) is 36.4 Å². The average Bonchev–Trinajstić information content (AvgIpc) is 2.86. The number of amides is 3. The molecule has 3 amide bonds. The van der Waals surface area contributed by atoms with Gasteiger partial charge in [-0.15, -0.1) is 0 Å². The van der Waals surface area contributed by atoms with Crippen LogP contribution in [0.2, 0.25) is 0 Å². The van der Waals surface area contributed by atoms with Gasteiger partial charge in [0.1, 0.15) is 11.5 Å². The van der Waals surface area contributed by atoms with Crippen LogP contribution in [-0.2, 0) is 9.59 Å². The SMILES string of the molecule is COc1cc(OC)cc(C(=O)N2CCC(C(=O)NNC(=O)CNc3ccc(C)cc3C)CC2)c1. The first-order valence-corrected chi connectivity index (χ1v) is 11.2. The molecule has 2 aromatic carbocycles. The summed E-state index contributed by atoms with van der Waals surface area (Å²) in [6, 6.07) is 11.0. The van der Waals surface area contributed by atoms with E-state index in [0.717, 1.165) is 16.8 Å². The van der Waals surface area contributed by atoms with Crippen molar-refractivity contribution in [1.82, 2.24) is 15.8 Å². The first-order chi connectivity index (χ1) is 16.3. The van der Waals surface area contributed by atoms with Gasteiger partial charge in [0, 0.05) is 36.3 Å². The smallest absolute Gasteiger partial charge is 0.257 e. The Bertz CT molecular complexity index is 1030. The molecule has 1 aliphatic rings. The highest BCUT2D eigenvalue weighted by molar-refractivity contribution is 5.95. The number of methoxy groups -OCH3 is 2. The summed E-state index contributed by atoms with van der Waals surface area (Å²) in [5.41, 5.74) is 8.50. The van der Waals surface area contributed by atoms with E-state index < -0.39 is 0 Å². The predicted molar refractivity (Wildman–Crippen MR) is 129 cm³/mol. The van der Waals surface area contributed by atoms with Crippen molar-refractivity contribution in [2.45, 2.75) is 26.7 Å². The Kier molecular flexibility index (Phi) is 8.34. The number of benzene rings is 2. The lowest BCUT2D eigenvalue weighted by molar-refractivity contribution is -0.131. The Balaban J connectivity index is 1.44. The van der Waals surface area contributed by atoms with Crippen molar-refractivity contribution in [1.29, 1.82) is 0 Å². The summed E-state index contributed by atoms with van der Waals surface area (Å²) in [5.74, 6) is 0.0701. The zero-order chi connectivity index (χ0) is 24.7. The molecule has 2 aromatic rings. The standard InChI is InChI=1S/C25H32N4O5/c1-16-5-6-22(17(2)11-16)26-15-23(30)27-28-24(31)18-7-9-29(10-8-18)25(32)19-12-20(33-3)14-21(13-19)34-4/h5-6,11-14,18,26H,7-10,15H2,1-4H3,(H,27,30)(H,28,31). The van der Waals surface area contributed by atoms with E-state index in [2.05, 4.69) is 16.2 Å². The van der Waals surface area contributed by atoms with Crippen LogP contribution in [0.4, 0.5) is 5.69 Å². The van der Waals surface area contributed by atoms with Gasteiger partial charge in [0.05, 0.1) is 20.8 Å². The van der Waals surface area contributed by atoms with Crippen LogP contribution in [0.5, 0.6) is 11.5 Å². The summed E-state index contributed by atoms with van der Waals surface area (Å²) >= 11 is 0. The quantitative estimate of drug-likeness (QED) is 0.539. The molecule has 0 unspecified atom stereocenters. The van der Waals surface area contributed by atoms with Gasteiger partial charge in [-0.05, 0) is 50.5 Å². The van der Waals surface area contributed by atoms with Crippen molar-refractivity contribution in [3.05, 3.63) is 53.1 Å². The van der Waals surface area contributed by atoms with E-state index in [1.54, 1.807) is 23.1 Å². The van der Waals surface area contributed by atoms with Crippen molar-refractivity contribution in [3.8, 4) is 11.5 Å². The number of carbonyl (C=O) groups is 3. The molecule has 9 nitrogen and oxygen atoms in total. The number of anilines is 1. The third kappa shape index (κ3) is 6.40. The topological polar surface area (TPSA) is 109 Å². The second-order valence-corrected chi connectivity index (χ2v) is 8.38. The van der Waals surface area contributed by atoms with Crippen LogP contribution in [-0.4, -0.2) is 56.5 Å². The predicted octanol–water partition coefficient (Wildman–Crippen LogP) is 2.43. The minimum absolute atomic E-state index is 0.0428. The molecule has 9 heteroatoms. The fourth-order valence-electron chi connectivity index (χ4n) is 3.92. The maximum absolute atomic E-state index is 12.9. The lowest BCUT2D eigenvalue weighted by Crippen LogP contribution is -2.49. The maximum Gasteiger partial charge on any atom is 0.257 e. The Hall–Kier alpha value is -3.75. The lowest BCUT2D eigenvalue weighted by atomic mass is 9.95. The number of nitrogens with one attached hydrogen (secondary N) is 3. The molecule has 0 aliphatic carbocycles. The van der Waals surface area contributed by atoms with E-state index in [9.17, 15) is 14.4 Å². The molecule has 182 valence electrons. The molecule has 1 aliphatic heterocycles. The molecule has 34 heavy (non-hydrogen) atoms. The highest BCUT2D eigenvalue weighted by Gasteiger charge is 2.28. The van der Waals surface area contributed by atoms with Crippen LogP contribution >= 0.6 is 0 Å². The van der Waals surface area contributed by atoms with Crippen LogP contribution < -0.4 is 25.6 Å². The molecule has 0 aromatic heterocycles. The highest BCUT2D eigenvalue weighted by Crippen LogP contribution is 2.25. The van der Waals surface area contributed by atoms with Crippen LogP contribution in [0.25, 0.3) is 0 Å². The van der Waals surface area contributed by atoms with E-state index in [4.69, 9.17) is 9.47 Å². The maximum atomic E-state index is 12.9. The van der Waals surface area contributed by atoms with E-state index in [-0.39, 0.29) is 30.2 Å². The van der Waals surface area contributed by atoms with Gasteiger partial charge in [-0.25, -0.2) is 0 Å². The fraction of sp³-hybridized carbons (Fsp3) is 0.400. The molecule has 0 bridgehead atoms. The highest BCUT2D eigenvalue weighted by atomic mass is 16.5. The number of carbonyl (C=O) groups excluding carboxylic acids is 3. The molecule has 0 saturated carbocycles. The molecule has 0 spiro atoms. The van der Waals surface area contributed by atoms with Crippen LogP contribution in [0.3, 0.4) is 0 Å². The van der Waals surface area contributed by atoms with Crippen LogP contribution in [0, 0.1) is 19.8 Å². The molecule has 1 heterocycles. The number of hydrazine groups is 1. The van der Waals surface area contributed by atoms with Gasteiger partial charge in [0.15, 0.2) is 0 Å². The monoisotopic (exact) mass is 468 g/mol. The number of rotatable bonds is 7. The van der Waals surface area contributed by atoms with Crippen molar-refractivity contribution >= 4 is 23.4 Å². The number of hydrogen-bond donors (Lipinski definition) is 3. The number of likely N-dealkylation sites (tertiary alicyclic amines) is 1. The number of piperidine rings is 1. The van der Waals surface area contributed by atoms with Gasteiger partial charge in [0.25, 0.3) is 11.8 Å². The molecule has 0 radical (unpaired) electrons. The van der Waals surface area contributed by atoms with Gasteiger partial charge < -0.3 is 19.7 Å². The van der Waals surface area contributed by atoms with Gasteiger partial charge in [-0.3, -0.25) is 25.2 Å². The van der Waals surface area contributed by atoms with Gasteiger partial charge in [-0.2, -0.15) is 0 Å². The summed E-state index contributed by atoms with van der Waals surface area (Å²) in [4.78, 5) is 39.2. The van der Waals surface area contributed by atoms with Gasteiger partial charge >= 0.3 is 0 Å². The zero-order valence-corrected chi connectivity index (χ0v) is 20.1. The molecule has 3 rings (SSSR count). The number of nitrogens with zero attached hydrogens (tertiary/aromatic N) is 1. The Morgan fingerprint density at radius 3 is 2.18 bits per heavy atom. The first-order valence-electron chi connectivity index (χ1n) is 11.2. The molecule has 1 fully saturated rings. The second kappa shape index (κ2) is 11.4. The largest absolute Gasteiger partial charge is 0.497 e. The zero-order valence-electron chi connectivity index (χ0n) is 20.1. The summed E-state index contributed by atoms with van der Waals surface area (Å²) in [7, 11) is 3.07. The number of ether oxygens (including phenoxy) is 2. The second-order valence-electron chi connectivity index (χ2n) is 8.38. The average molecular weight is 469 g/mol. The minimum Gasteiger partial charge on any atom is -0.497 e. The van der Waals surface area contributed by atoms with Crippen molar-refractivity contribution in [3.63, 3.8) is 0 Å². The Morgan fingerprint density at radius 1 is 0.941 bits per heavy atom. The first kappa shape index (κ1) is 24.9. The molecule has 0 atom stereocenters. The van der Waals surface area contributed by atoms with E-state index in [1.165, 1.54) is 14.2 Å². The molecular weight excluding hydrogens is 436 g/mol. The third-order valence-corrected chi connectivity index (χ3v) is 5.90. The third-order valence-electron chi connectivity index (χ3n) is 5.90. The van der Waals surface area contributed by atoms with E-state index in [0.29, 0.717) is 43.0 Å². The molecular formula is C25H32N4O5. The fourth-order valence-corrected chi connectivity index (χ4v) is 3.92. The van der Waals surface area contributed by atoms with Gasteiger partial charge in [0.2, 0.25) is 5.91 Å². The number of hydrogen-bond acceptors (Lipinski definition) is 6. The van der Waals surface area contributed by atoms with Crippen molar-refractivity contribution < 1.29 is 23.9 Å². The lowest BCUT2D eigenvalue weighted by Gasteiger charge is -2.31. The normalized spacial score (nSPS) is 13.7. The Labute approximate surface area is 199 Å². The van der Waals surface area contributed by atoms with Crippen molar-refractivity contribution in [2.75, 3.05) is 39.2 Å². The number of aryl methyl sites for hydroxylation is 2. The molecule has 1 saturated heterocycles. The summed E-state index contributed by atoms with van der Waals surface area (Å²) < 4.78 is 10.5. The summed E-state index contributed by atoms with van der Waals surface area (Å²) in [6.07, 6.45) is 1.02.